The summed E-state index contributed by atoms with van der Waals surface area (Å²) in [5.74, 6) is -0.516. The van der Waals surface area contributed by atoms with Crippen LogP contribution in [0.25, 0.3) is 0 Å². The highest BCUT2D eigenvalue weighted by Gasteiger charge is 2.32. The van der Waals surface area contributed by atoms with Gasteiger partial charge in [0.2, 0.25) is 0 Å². The maximum Gasteiger partial charge on any atom is 0.116 e. The molecule has 0 radical (unpaired) electrons. The molecule has 0 aromatic heterocycles. The Morgan fingerprint density at radius 1 is 1.69 bits per heavy atom. The fraction of sp³-hybridized carbons (Fsp3) is 0.778. The van der Waals surface area contributed by atoms with Crippen molar-refractivity contribution in [1.29, 1.82) is 5.26 Å². The van der Waals surface area contributed by atoms with Crippen molar-refractivity contribution in [2.45, 2.75) is 33.3 Å². The van der Waals surface area contributed by atoms with Crippen molar-refractivity contribution in [2.75, 3.05) is 6.61 Å². The molecule has 13 heavy (non-hydrogen) atoms. The van der Waals surface area contributed by atoms with Crippen molar-refractivity contribution in [3.05, 3.63) is 0 Å². The summed E-state index contributed by atoms with van der Waals surface area (Å²) in [5, 5.41) is 20.4. The van der Waals surface area contributed by atoms with Crippen LogP contribution in [-0.4, -0.2) is 23.1 Å². The van der Waals surface area contributed by atoms with Crippen LogP contribution in [0.1, 0.15) is 27.7 Å². The largest absolute Gasteiger partial charge is 0.411 e. The van der Waals surface area contributed by atoms with Crippen LogP contribution in [0.4, 0.5) is 0 Å². The molecule has 0 amide bonds. The van der Waals surface area contributed by atoms with Crippen molar-refractivity contribution in [1.82, 2.24) is 0 Å². The van der Waals surface area contributed by atoms with Gasteiger partial charge in [-0.15, -0.1) is 0 Å². The summed E-state index contributed by atoms with van der Waals surface area (Å²) in [6, 6.07) is 2.06. The first-order chi connectivity index (χ1) is 5.99. The second-order valence-corrected chi connectivity index (χ2v) is 3.34. The van der Waals surface area contributed by atoms with Crippen LogP contribution in [0.3, 0.4) is 0 Å². The minimum absolute atomic E-state index is 0.376. The predicted molar refractivity (Wildman–Crippen MR) is 49.7 cm³/mol. The second-order valence-electron chi connectivity index (χ2n) is 3.34. The molecular weight excluding hydrogens is 168 g/mol. The van der Waals surface area contributed by atoms with Crippen LogP contribution in [0.5, 0.6) is 0 Å². The first-order valence-electron chi connectivity index (χ1n) is 4.21. The number of nitriles is 1. The molecule has 0 aliphatic rings. The van der Waals surface area contributed by atoms with Crippen LogP contribution in [0.15, 0.2) is 5.16 Å². The number of hydrogen-bond acceptors (Lipinski definition) is 4. The average Bonchev–Trinajstić information content (AvgIpc) is 2.04. The molecule has 0 heterocycles. The lowest BCUT2D eigenvalue weighted by Crippen LogP contribution is -2.37. The number of hydrogen-bond donors (Lipinski definition) is 1. The fourth-order valence-electron chi connectivity index (χ4n) is 1.26. The van der Waals surface area contributed by atoms with Gasteiger partial charge < -0.3 is 9.94 Å². The minimum atomic E-state index is -0.611. The van der Waals surface area contributed by atoms with Gasteiger partial charge >= 0.3 is 0 Å². The van der Waals surface area contributed by atoms with Gasteiger partial charge in [0, 0.05) is 6.61 Å². The number of oxime groups is 1. The molecule has 0 rings (SSSR count). The van der Waals surface area contributed by atoms with Gasteiger partial charge in [0.25, 0.3) is 0 Å². The zero-order chi connectivity index (χ0) is 10.5. The molecule has 4 heteroatoms. The molecule has 1 atom stereocenters. The molecule has 0 fully saturated rings. The Morgan fingerprint density at radius 2 is 2.23 bits per heavy atom. The number of ether oxygens (including phenoxy) is 1. The molecule has 0 spiro atoms. The summed E-state index contributed by atoms with van der Waals surface area (Å²) in [6.07, 6.45) is 0. The van der Waals surface area contributed by atoms with E-state index in [4.69, 9.17) is 15.2 Å². The standard InChI is InChI=1S/C9H16N2O2/c1-5-13-9(3,4)8(6-10)7(2)11-12/h8,12H,5H2,1-4H3/b11-7+. The van der Waals surface area contributed by atoms with Gasteiger partial charge in [-0.2, -0.15) is 5.26 Å². The highest BCUT2D eigenvalue weighted by Crippen LogP contribution is 2.22. The molecule has 0 aromatic rings. The van der Waals surface area contributed by atoms with E-state index in [1.807, 2.05) is 6.92 Å². The van der Waals surface area contributed by atoms with Gasteiger partial charge in [-0.25, -0.2) is 0 Å². The Balaban J connectivity index is 4.68. The zero-order valence-corrected chi connectivity index (χ0v) is 8.53. The molecule has 0 saturated carbocycles. The van der Waals surface area contributed by atoms with E-state index in [0.29, 0.717) is 12.3 Å². The van der Waals surface area contributed by atoms with Crippen LogP contribution in [0, 0.1) is 17.2 Å². The van der Waals surface area contributed by atoms with Crippen molar-refractivity contribution < 1.29 is 9.94 Å². The van der Waals surface area contributed by atoms with Crippen LogP contribution in [0.2, 0.25) is 0 Å². The third kappa shape index (κ3) is 3.03. The smallest absolute Gasteiger partial charge is 0.116 e. The summed E-state index contributed by atoms with van der Waals surface area (Å²) in [5.41, 5.74) is -0.235. The van der Waals surface area contributed by atoms with Crippen LogP contribution in [-0.2, 0) is 4.74 Å². The molecule has 74 valence electrons. The lowest BCUT2D eigenvalue weighted by Gasteiger charge is -2.28. The Kier molecular flexibility index (Phi) is 4.43. The Hall–Kier alpha value is -1.08. The van der Waals surface area contributed by atoms with Crippen molar-refractivity contribution in [2.24, 2.45) is 11.1 Å². The zero-order valence-electron chi connectivity index (χ0n) is 8.53. The molecule has 1 N–H and O–H groups in total. The van der Waals surface area contributed by atoms with Gasteiger partial charge in [-0.05, 0) is 27.7 Å². The predicted octanol–water partition coefficient (Wildman–Crippen LogP) is 1.79. The quantitative estimate of drug-likeness (QED) is 0.411. The van der Waals surface area contributed by atoms with E-state index < -0.39 is 11.5 Å². The van der Waals surface area contributed by atoms with E-state index in [1.165, 1.54) is 0 Å². The topological polar surface area (TPSA) is 65.6 Å². The van der Waals surface area contributed by atoms with E-state index >= 15 is 0 Å². The molecule has 0 aromatic carbocycles. The first-order valence-corrected chi connectivity index (χ1v) is 4.21. The maximum absolute atomic E-state index is 8.87. The van der Waals surface area contributed by atoms with Gasteiger partial charge in [-0.1, -0.05) is 5.16 Å². The highest BCUT2D eigenvalue weighted by atomic mass is 16.5. The Morgan fingerprint density at radius 3 is 2.54 bits per heavy atom. The van der Waals surface area contributed by atoms with Crippen molar-refractivity contribution in [3.63, 3.8) is 0 Å². The van der Waals surface area contributed by atoms with Crippen molar-refractivity contribution >= 4 is 5.71 Å². The third-order valence-corrected chi connectivity index (χ3v) is 1.92. The van der Waals surface area contributed by atoms with Crippen molar-refractivity contribution in [3.8, 4) is 6.07 Å². The molecule has 4 nitrogen and oxygen atoms in total. The third-order valence-electron chi connectivity index (χ3n) is 1.92. The normalized spacial score (nSPS) is 15.2. The first kappa shape index (κ1) is 11.9. The molecular formula is C9H16N2O2. The SMILES string of the molecule is CCOC(C)(C)C(C#N)/C(C)=N/O. The summed E-state index contributed by atoms with van der Waals surface area (Å²) in [6.45, 7) is 7.61. The van der Waals surface area contributed by atoms with E-state index in [-0.39, 0.29) is 0 Å². The van der Waals surface area contributed by atoms with E-state index in [9.17, 15) is 0 Å². The molecule has 0 aliphatic heterocycles. The summed E-state index contributed by atoms with van der Waals surface area (Å²) in [7, 11) is 0. The van der Waals surface area contributed by atoms with Crippen LogP contribution >= 0.6 is 0 Å². The second kappa shape index (κ2) is 4.83. The molecule has 0 saturated heterocycles. The molecule has 0 aliphatic carbocycles. The van der Waals surface area contributed by atoms with Gasteiger partial charge in [-0.3, -0.25) is 0 Å². The fourth-order valence-corrected chi connectivity index (χ4v) is 1.26. The number of rotatable bonds is 4. The van der Waals surface area contributed by atoms with E-state index in [1.54, 1.807) is 20.8 Å². The van der Waals surface area contributed by atoms with E-state index in [2.05, 4.69) is 11.2 Å². The lowest BCUT2D eigenvalue weighted by atomic mass is 9.88. The van der Waals surface area contributed by atoms with Gasteiger partial charge in [0.05, 0.1) is 17.4 Å². The monoisotopic (exact) mass is 184 g/mol. The van der Waals surface area contributed by atoms with Gasteiger partial charge in [0.15, 0.2) is 0 Å². The Labute approximate surface area is 78.8 Å². The maximum atomic E-state index is 8.87. The average molecular weight is 184 g/mol. The molecule has 0 bridgehead atoms. The lowest BCUT2D eigenvalue weighted by molar-refractivity contribution is -0.0227. The Bertz CT molecular complexity index is 228. The van der Waals surface area contributed by atoms with Crippen LogP contribution < -0.4 is 0 Å². The summed E-state index contributed by atoms with van der Waals surface area (Å²) < 4.78 is 5.39. The highest BCUT2D eigenvalue weighted by molar-refractivity contribution is 5.87. The van der Waals surface area contributed by atoms with Gasteiger partial charge in [0.1, 0.15) is 5.92 Å². The minimum Gasteiger partial charge on any atom is -0.411 e. The van der Waals surface area contributed by atoms with E-state index in [0.717, 1.165) is 0 Å². The summed E-state index contributed by atoms with van der Waals surface area (Å²) in [4.78, 5) is 0. The summed E-state index contributed by atoms with van der Waals surface area (Å²) >= 11 is 0. The number of nitrogens with zero attached hydrogens (tertiary/aromatic N) is 2. The molecule has 1 unspecified atom stereocenters.